The van der Waals surface area contributed by atoms with Gasteiger partial charge in [-0.2, -0.15) is 5.10 Å². The number of aromatic nitrogens is 2. The minimum absolute atomic E-state index is 0.339. The molecule has 0 bridgehead atoms. The molecular formula is C16H21F2N5. The van der Waals surface area contributed by atoms with Crippen LogP contribution in [0, 0.1) is 18.6 Å². The third-order valence-corrected chi connectivity index (χ3v) is 3.40. The largest absolute Gasteiger partial charge is 0.355 e. The van der Waals surface area contributed by atoms with Crippen LogP contribution < -0.4 is 10.6 Å². The van der Waals surface area contributed by atoms with Gasteiger partial charge in [0.1, 0.15) is 11.6 Å². The first kappa shape index (κ1) is 16.9. The van der Waals surface area contributed by atoms with Crippen LogP contribution in [0.5, 0.6) is 0 Å². The Hall–Kier alpha value is -2.44. The second kappa shape index (κ2) is 7.71. The summed E-state index contributed by atoms with van der Waals surface area (Å²) in [4.78, 5) is 4.11. The molecule has 0 aliphatic heterocycles. The third kappa shape index (κ3) is 4.77. The maximum absolute atomic E-state index is 13.8. The van der Waals surface area contributed by atoms with Gasteiger partial charge in [0.2, 0.25) is 0 Å². The second-order valence-electron chi connectivity index (χ2n) is 5.31. The average molecular weight is 321 g/mol. The molecule has 1 unspecified atom stereocenters. The van der Waals surface area contributed by atoms with Crippen molar-refractivity contribution in [1.82, 2.24) is 20.4 Å². The van der Waals surface area contributed by atoms with E-state index in [1.807, 2.05) is 17.8 Å². The number of hydrogen-bond donors (Lipinski definition) is 2. The Labute approximate surface area is 134 Å². The highest BCUT2D eigenvalue weighted by molar-refractivity contribution is 5.80. The fraction of sp³-hybridized carbons (Fsp3) is 0.375. The molecule has 2 N–H and O–H groups in total. The van der Waals surface area contributed by atoms with Crippen LogP contribution in [-0.4, -0.2) is 29.3 Å². The second-order valence-corrected chi connectivity index (χ2v) is 5.31. The summed E-state index contributed by atoms with van der Waals surface area (Å²) in [6, 6.07) is 3.22. The van der Waals surface area contributed by atoms with Crippen molar-refractivity contribution in [1.29, 1.82) is 0 Å². The van der Waals surface area contributed by atoms with Crippen molar-refractivity contribution < 1.29 is 8.78 Å². The van der Waals surface area contributed by atoms with Crippen molar-refractivity contribution in [3.8, 4) is 0 Å². The lowest BCUT2D eigenvalue weighted by atomic mass is 10.1. The van der Waals surface area contributed by atoms with Crippen molar-refractivity contribution in [3.05, 3.63) is 53.4 Å². The van der Waals surface area contributed by atoms with E-state index in [1.54, 1.807) is 20.2 Å². The van der Waals surface area contributed by atoms with Crippen LogP contribution in [0.3, 0.4) is 0 Å². The van der Waals surface area contributed by atoms with Crippen LogP contribution >= 0.6 is 0 Å². The van der Waals surface area contributed by atoms with E-state index in [0.717, 1.165) is 11.6 Å². The van der Waals surface area contributed by atoms with E-state index in [2.05, 4.69) is 20.7 Å². The Bertz CT molecular complexity index is 681. The number of aryl methyl sites for hydroxylation is 1. The number of aliphatic imine (C=N–C) groups is 1. The van der Waals surface area contributed by atoms with Gasteiger partial charge < -0.3 is 10.6 Å². The van der Waals surface area contributed by atoms with Crippen LogP contribution in [-0.2, 0) is 6.54 Å². The van der Waals surface area contributed by atoms with Gasteiger partial charge in [0.25, 0.3) is 0 Å². The Morgan fingerprint density at radius 1 is 1.39 bits per heavy atom. The van der Waals surface area contributed by atoms with Crippen molar-refractivity contribution in [2.24, 2.45) is 4.99 Å². The molecule has 2 aromatic rings. The molecule has 23 heavy (non-hydrogen) atoms. The molecule has 7 heteroatoms. The number of halogens is 2. The lowest BCUT2D eigenvalue weighted by molar-refractivity contribution is 0.548. The molecule has 1 heterocycles. The smallest absolute Gasteiger partial charge is 0.191 e. The predicted octanol–water partition coefficient (Wildman–Crippen LogP) is 2.40. The molecule has 124 valence electrons. The lowest BCUT2D eigenvalue weighted by Gasteiger charge is -2.18. The highest BCUT2D eigenvalue weighted by Crippen LogP contribution is 2.17. The summed E-state index contributed by atoms with van der Waals surface area (Å²) >= 11 is 0. The van der Waals surface area contributed by atoms with Gasteiger partial charge in [-0.15, -0.1) is 0 Å². The lowest BCUT2D eigenvalue weighted by Crippen LogP contribution is -2.40. The Balaban J connectivity index is 1.88. The van der Waals surface area contributed by atoms with Gasteiger partial charge >= 0.3 is 0 Å². The zero-order valence-electron chi connectivity index (χ0n) is 13.5. The first-order valence-corrected chi connectivity index (χ1v) is 7.41. The first-order chi connectivity index (χ1) is 11.0. The first-order valence-electron chi connectivity index (χ1n) is 7.41. The molecule has 0 aliphatic carbocycles. The third-order valence-electron chi connectivity index (χ3n) is 3.40. The topological polar surface area (TPSA) is 54.2 Å². The SMILES string of the molecule is CN=C(NCCn1cc(C)cn1)NC(C)c1ccc(F)cc1F. The monoisotopic (exact) mass is 321 g/mol. The van der Waals surface area contributed by atoms with Crippen molar-refractivity contribution in [3.63, 3.8) is 0 Å². The molecule has 5 nitrogen and oxygen atoms in total. The van der Waals surface area contributed by atoms with E-state index in [4.69, 9.17) is 0 Å². The Kier molecular flexibility index (Phi) is 5.67. The standard InChI is InChI=1S/C16H21F2N5/c1-11-9-21-23(10-11)7-6-20-16(19-3)22-12(2)14-5-4-13(17)8-15(14)18/h4-5,8-10,12H,6-7H2,1-3H3,(H2,19,20,22). The van der Waals surface area contributed by atoms with Crippen molar-refractivity contribution >= 4 is 5.96 Å². The molecule has 0 saturated heterocycles. The highest BCUT2D eigenvalue weighted by atomic mass is 19.1. The fourth-order valence-corrected chi connectivity index (χ4v) is 2.21. The van der Waals surface area contributed by atoms with Crippen molar-refractivity contribution in [2.75, 3.05) is 13.6 Å². The van der Waals surface area contributed by atoms with Gasteiger partial charge in [0.05, 0.1) is 18.8 Å². The molecule has 0 radical (unpaired) electrons. The number of benzene rings is 1. The van der Waals surface area contributed by atoms with Gasteiger partial charge in [0.15, 0.2) is 5.96 Å². The highest BCUT2D eigenvalue weighted by Gasteiger charge is 2.13. The number of nitrogens with zero attached hydrogens (tertiary/aromatic N) is 3. The summed E-state index contributed by atoms with van der Waals surface area (Å²) in [6.07, 6.45) is 3.75. The fourth-order valence-electron chi connectivity index (χ4n) is 2.21. The molecule has 0 fully saturated rings. The van der Waals surface area contributed by atoms with E-state index < -0.39 is 11.6 Å². The Morgan fingerprint density at radius 3 is 2.78 bits per heavy atom. The molecule has 1 aromatic carbocycles. The molecule has 1 aromatic heterocycles. The minimum Gasteiger partial charge on any atom is -0.355 e. The number of guanidine groups is 1. The van der Waals surface area contributed by atoms with Crippen LogP contribution in [0.2, 0.25) is 0 Å². The molecule has 0 spiro atoms. The minimum atomic E-state index is -0.588. The normalized spacial score (nSPS) is 13.0. The van der Waals surface area contributed by atoms with Gasteiger partial charge in [0, 0.05) is 31.4 Å². The zero-order chi connectivity index (χ0) is 16.8. The van der Waals surface area contributed by atoms with Crippen LogP contribution in [0.4, 0.5) is 8.78 Å². The van der Waals surface area contributed by atoms with Crippen LogP contribution in [0.25, 0.3) is 0 Å². The van der Waals surface area contributed by atoms with Crippen LogP contribution in [0.15, 0.2) is 35.6 Å². The van der Waals surface area contributed by atoms with Crippen LogP contribution in [0.1, 0.15) is 24.1 Å². The van der Waals surface area contributed by atoms with E-state index >= 15 is 0 Å². The summed E-state index contributed by atoms with van der Waals surface area (Å²) in [5.41, 5.74) is 1.49. The number of nitrogens with one attached hydrogen (secondary N) is 2. The van der Waals surface area contributed by atoms with E-state index in [0.29, 0.717) is 24.6 Å². The predicted molar refractivity (Wildman–Crippen MR) is 86.2 cm³/mol. The summed E-state index contributed by atoms with van der Waals surface area (Å²) < 4.78 is 28.6. The number of rotatable bonds is 5. The van der Waals surface area contributed by atoms with Gasteiger partial charge in [-0.1, -0.05) is 6.07 Å². The molecule has 0 saturated carbocycles. The van der Waals surface area contributed by atoms with Crippen molar-refractivity contribution in [2.45, 2.75) is 26.4 Å². The van der Waals surface area contributed by atoms with E-state index in [-0.39, 0.29) is 6.04 Å². The molecule has 0 amide bonds. The molecule has 1 atom stereocenters. The molecule has 0 aliphatic rings. The quantitative estimate of drug-likeness (QED) is 0.657. The van der Waals surface area contributed by atoms with E-state index in [9.17, 15) is 8.78 Å². The zero-order valence-corrected chi connectivity index (χ0v) is 13.5. The van der Waals surface area contributed by atoms with Gasteiger partial charge in [-0.25, -0.2) is 8.78 Å². The number of hydrogen-bond acceptors (Lipinski definition) is 2. The maximum atomic E-state index is 13.8. The summed E-state index contributed by atoms with van der Waals surface area (Å²) in [7, 11) is 1.64. The van der Waals surface area contributed by atoms with Gasteiger partial charge in [-0.3, -0.25) is 9.67 Å². The molecular weight excluding hydrogens is 300 g/mol. The summed E-state index contributed by atoms with van der Waals surface area (Å²) in [5.74, 6) is -0.618. The summed E-state index contributed by atoms with van der Waals surface area (Å²) in [5, 5.41) is 10.4. The van der Waals surface area contributed by atoms with Gasteiger partial charge in [-0.05, 0) is 25.5 Å². The van der Waals surface area contributed by atoms with E-state index in [1.165, 1.54) is 12.1 Å². The average Bonchev–Trinajstić information content (AvgIpc) is 2.91. The molecule has 2 rings (SSSR count). The Morgan fingerprint density at radius 2 is 2.17 bits per heavy atom. The summed E-state index contributed by atoms with van der Waals surface area (Å²) in [6.45, 7) is 5.09. The maximum Gasteiger partial charge on any atom is 0.191 e.